The summed E-state index contributed by atoms with van der Waals surface area (Å²) in [6.07, 6.45) is 5.58. The van der Waals surface area contributed by atoms with Crippen LogP contribution in [0.4, 0.5) is 0 Å². The lowest BCUT2D eigenvalue weighted by Gasteiger charge is -2.26. The van der Waals surface area contributed by atoms with Crippen molar-refractivity contribution in [1.29, 1.82) is 0 Å². The number of piperidine rings is 1. The van der Waals surface area contributed by atoms with Crippen molar-refractivity contribution in [3.05, 3.63) is 34.0 Å². The zero-order valence-electron chi connectivity index (χ0n) is 14.2. The predicted molar refractivity (Wildman–Crippen MR) is 98.9 cm³/mol. The lowest BCUT2D eigenvalue weighted by molar-refractivity contribution is 0.220. The molecule has 3 aromatic rings. The number of fused-ring (bicyclic) bond motifs is 3. The van der Waals surface area contributed by atoms with Gasteiger partial charge in [0.2, 0.25) is 0 Å². The van der Waals surface area contributed by atoms with Crippen LogP contribution in [0.25, 0.3) is 20.4 Å². The van der Waals surface area contributed by atoms with E-state index in [1.165, 1.54) is 30.6 Å². The molecule has 0 atom stereocenters. The van der Waals surface area contributed by atoms with E-state index in [0.717, 1.165) is 51.3 Å². The van der Waals surface area contributed by atoms with Gasteiger partial charge in [0, 0.05) is 24.2 Å². The molecule has 0 bridgehead atoms. The zero-order valence-corrected chi connectivity index (χ0v) is 15.0. The van der Waals surface area contributed by atoms with E-state index in [9.17, 15) is 4.79 Å². The average molecular weight is 342 g/mol. The fourth-order valence-corrected chi connectivity index (χ4v) is 4.79. The van der Waals surface area contributed by atoms with Crippen LogP contribution in [-0.4, -0.2) is 39.1 Å². The van der Waals surface area contributed by atoms with Crippen molar-refractivity contribution >= 4 is 31.8 Å². The van der Waals surface area contributed by atoms with Crippen molar-refractivity contribution < 1.29 is 0 Å². The van der Waals surface area contributed by atoms with Crippen LogP contribution < -0.4 is 5.56 Å². The maximum absolute atomic E-state index is 12.9. The van der Waals surface area contributed by atoms with Gasteiger partial charge >= 0.3 is 0 Å². The highest BCUT2D eigenvalue weighted by Gasteiger charge is 2.15. The molecular weight excluding hydrogens is 320 g/mol. The van der Waals surface area contributed by atoms with E-state index in [4.69, 9.17) is 0 Å². The molecule has 24 heavy (non-hydrogen) atoms. The highest BCUT2D eigenvalue weighted by Crippen LogP contribution is 2.31. The van der Waals surface area contributed by atoms with Crippen molar-refractivity contribution in [2.45, 2.75) is 39.7 Å². The van der Waals surface area contributed by atoms with Gasteiger partial charge in [0.05, 0.1) is 11.8 Å². The highest BCUT2D eigenvalue weighted by atomic mass is 32.1. The molecule has 3 aromatic heterocycles. The molecule has 4 rings (SSSR count). The highest BCUT2D eigenvalue weighted by molar-refractivity contribution is 7.25. The van der Waals surface area contributed by atoms with Gasteiger partial charge in [-0.1, -0.05) is 6.42 Å². The first kappa shape index (κ1) is 15.7. The molecule has 0 amide bonds. The lowest BCUT2D eigenvalue weighted by atomic mass is 10.1. The molecule has 1 aliphatic rings. The summed E-state index contributed by atoms with van der Waals surface area (Å²) in [5.74, 6) is 0. The SMILES string of the molecule is Cc1cc(C)c2c(n1)sc1c(=O)n(CCN3CCCCC3)cnc12. The van der Waals surface area contributed by atoms with Gasteiger partial charge in [-0.15, -0.1) is 11.3 Å². The normalized spacial score (nSPS) is 16.2. The number of aryl methyl sites for hydroxylation is 2. The number of likely N-dealkylation sites (tertiary alicyclic amines) is 1. The molecule has 1 fully saturated rings. The van der Waals surface area contributed by atoms with Gasteiger partial charge in [-0.2, -0.15) is 0 Å². The van der Waals surface area contributed by atoms with Gasteiger partial charge in [-0.3, -0.25) is 9.36 Å². The topological polar surface area (TPSA) is 51.0 Å². The van der Waals surface area contributed by atoms with E-state index in [0.29, 0.717) is 6.54 Å². The Labute approximate surface area is 145 Å². The van der Waals surface area contributed by atoms with Crippen LogP contribution in [0.2, 0.25) is 0 Å². The molecule has 0 saturated carbocycles. The zero-order chi connectivity index (χ0) is 16.7. The molecule has 6 heteroatoms. The summed E-state index contributed by atoms with van der Waals surface area (Å²) in [6.45, 7) is 7.98. The van der Waals surface area contributed by atoms with Crippen LogP contribution in [0.3, 0.4) is 0 Å². The van der Waals surface area contributed by atoms with E-state index < -0.39 is 0 Å². The van der Waals surface area contributed by atoms with Gasteiger partial charge in [-0.05, 0) is 51.4 Å². The van der Waals surface area contributed by atoms with Gasteiger partial charge in [-0.25, -0.2) is 9.97 Å². The summed E-state index contributed by atoms with van der Waals surface area (Å²) < 4.78 is 2.49. The summed E-state index contributed by atoms with van der Waals surface area (Å²) in [4.78, 5) is 25.4. The van der Waals surface area contributed by atoms with Crippen molar-refractivity contribution in [3.63, 3.8) is 0 Å². The second kappa shape index (κ2) is 6.26. The number of nitrogens with zero attached hydrogens (tertiary/aromatic N) is 4. The van der Waals surface area contributed by atoms with Gasteiger partial charge in [0.25, 0.3) is 5.56 Å². The van der Waals surface area contributed by atoms with E-state index in [2.05, 4.69) is 27.9 Å². The molecule has 1 aliphatic heterocycles. The number of hydrogen-bond acceptors (Lipinski definition) is 5. The Morgan fingerprint density at radius 2 is 1.96 bits per heavy atom. The first-order valence-electron chi connectivity index (χ1n) is 8.62. The van der Waals surface area contributed by atoms with E-state index >= 15 is 0 Å². The van der Waals surface area contributed by atoms with Gasteiger partial charge in [0.15, 0.2) is 0 Å². The minimum absolute atomic E-state index is 0.0667. The van der Waals surface area contributed by atoms with Gasteiger partial charge in [0.1, 0.15) is 9.53 Å². The number of hydrogen-bond donors (Lipinski definition) is 0. The predicted octanol–water partition coefficient (Wildman–Crippen LogP) is 3.11. The summed E-state index contributed by atoms with van der Waals surface area (Å²) in [5, 5.41) is 1.03. The minimum atomic E-state index is 0.0667. The Morgan fingerprint density at radius 1 is 1.17 bits per heavy atom. The van der Waals surface area contributed by atoms with Crippen LogP contribution in [0.15, 0.2) is 17.2 Å². The number of thiophene rings is 1. The molecule has 126 valence electrons. The second-order valence-electron chi connectivity index (χ2n) is 6.69. The third-order valence-electron chi connectivity index (χ3n) is 4.85. The Hall–Kier alpha value is -1.79. The fraction of sp³-hybridized carbons (Fsp3) is 0.500. The number of aromatic nitrogens is 3. The summed E-state index contributed by atoms with van der Waals surface area (Å²) in [6, 6.07) is 2.05. The van der Waals surface area contributed by atoms with Crippen LogP contribution in [0.1, 0.15) is 30.5 Å². The largest absolute Gasteiger partial charge is 0.302 e. The standard InChI is InChI=1S/C18H22N4OS/c1-12-10-13(2)20-17-14(12)15-16(24-17)18(23)22(11-19-15)9-8-21-6-4-3-5-7-21/h10-11H,3-9H2,1-2H3. The van der Waals surface area contributed by atoms with Crippen molar-refractivity contribution in [2.24, 2.45) is 0 Å². The van der Waals surface area contributed by atoms with Crippen LogP contribution in [-0.2, 0) is 6.54 Å². The second-order valence-corrected chi connectivity index (χ2v) is 7.68. The average Bonchev–Trinajstić information content (AvgIpc) is 2.94. The molecule has 0 aromatic carbocycles. The third kappa shape index (κ3) is 2.74. The maximum atomic E-state index is 12.9. The Morgan fingerprint density at radius 3 is 2.75 bits per heavy atom. The van der Waals surface area contributed by atoms with E-state index in [-0.39, 0.29) is 5.56 Å². The lowest BCUT2D eigenvalue weighted by Crippen LogP contribution is -2.34. The molecule has 0 radical (unpaired) electrons. The summed E-state index contributed by atoms with van der Waals surface area (Å²) in [7, 11) is 0. The monoisotopic (exact) mass is 342 g/mol. The molecule has 4 heterocycles. The molecule has 0 N–H and O–H groups in total. The fourth-order valence-electron chi connectivity index (χ4n) is 3.59. The van der Waals surface area contributed by atoms with E-state index in [1.54, 1.807) is 10.9 Å². The van der Waals surface area contributed by atoms with Crippen molar-refractivity contribution in [1.82, 2.24) is 19.4 Å². The Bertz CT molecular complexity index is 953. The van der Waals surface area contributed by atoms with E-state index in [1.807, 2.05) is 6.92 Å². The quantitative estimate of drug-likeness (QED) is 0.734. The minimum Gasteiger partial charge on any atom is -0.302 e. The molecular formula is C18H22N4OS. The summed E-state index contributed by atoms with van der Waals surface area (Å²) >= 11 is 1.47. The van der Waals surface area contributed by atoms with Crippen LogP contribution >= 0.6 is 11.3 Å². The molecule has 5 nitrogen and oxygen atoms in total. The van der Waals surface area contributed by atoms with Crippen LogP contribution in [0, 0.1) is 13.8 Å². The number of pyridine rings is 1. The molecule has 0 unspecified atom stereocenters. The molecule has 0 aliphatic carbocycles. The first-order valence-corrected chi connectivity index (χ1v) is 9.43. The third-order valence-corrected chi connectivity index (χ3v) is 5.91. The Balaban J connectivity index is 1.71. The molecule has 1 saturated heterocycles. The maximum Gasteiger partial charge on any atom is 0.271 e. The van der Waals surface area contributed by atoms with Crippen molar-refractivity contribution in [3.8, 4) is 0 Å². The molecule has 0 spiro atoms. The number of rotatable bonds is 3. The van der Waals surface area contributed by atoms with Crippen LogP contribution in [0.5, 0.6) is 0 Å². The van der Waals surface area contributed by atoms with Crippen molar-refractivity contribution in [2.75, 3.05) is 19.6 Å². The Kier molecular flexibility index (Phi) is 4.10. The smallest absolute Gasteiger partial charge is 0.271 e. The summed E-state index contributed by atoms with van der Waals surface area (Å²) in [5.41, 5.74) is 3.00. The van der Waals surface area contributed by atoms with Gasteiger partial charge < -0.3 is 4.90 Å². The first-order chi connectivity index (χ1) is 11.6.